The summed E-state index contributed by atoms with van der Waals surface area (Å²) in [5, 5.41) is 10.7. The molecular formula is C20H14Cl2O3. The van der Waals surface area contributed by atoms with E-state index in [-0.39, 0.29) is 5.56 Å². The van der Waals surface area contributed by atoms with Gasteiger partial charge in [0.2, 0.25) is 0 Å². The lowest BCUT2D eigenvalue weighted by Crippen LogP contribution is -2.02. The normalized spacial score (nSPS) is 10.5. The molecule has 0 aliphatic rings. The van der Waals surface area contributed by atoms with E-state index >= 15 is 0 Å². The van der Waals surface area contributed by atoms with E-state index in [1.54, 1.807) is 36.4 Å². The fraction of sp³-hybridized carbons (Fsp3) is 0.0500. The predicted octanol–water partition coefficient (Wildman–Crippen LogP) is 6.03. The van der Waals surface area contributed by atoms with Crippen LogP contribution in [0.25, 0.3) is 22.3 Å². The highest BCUT2D eigenvalue weighted by molar-refractivity contribution is 6.31. The number of ether oxygens (including phenoxy) is 1. The number of methoxy groups -OCH3 is 1. The second-order valence-corrected chi connectivity index (χ2v) is 6.29. The third-order valence-electron chi connectivity index (χ3n) is 3.88. The lowest BCUT2D eigenvalue weighted by Gasteiger charge is -2.15. The first kappa shape index (κ1) is 17.3. The van der Waals surface area contributed by atoms with Gasteiger partial charge in [-0.25, -0.2) is 4.79 Å². The summed E-state index contributed by atoms with van der Waals surface area (Å²) in [6.45, 7) is 0. The average Bonchev–Trinajstić information content (AvgIpc) is 2.62. The summed E-state index contributed by atoms with van der Waals surface area (Å²) in [6, 6.07) is 18.0. The van der Waals surface area contributed by atoms with Gasteiger partial charge < -0.3 is 9.84 Å². The minimum Gasteiger partial charge on any atom is -0.496 e. The summed E-state index contributed by atoms with van der Waals surface area (Å²) in [5.41, 5.74) is 3.49. The number of carboxylic acids is 1. The molecule has 0 spiro atoms. The van der Waals surface area contributed by atoms with Crippen molar-refractivity contribution in [1.29, 1.82) is 0 Å². The Morgan fingerprint density at radius 1 is 0.840 bits per heavy atom. The number of rotatable bonds is 4. The van der Waals surface area contributed by atoms with Crippen LogP contribution in [0.1, 0.15) is 10.4 Å². The molecule has 0 aliphatic carbocycles. The third-order valence-corrected chi connectivity index (χ3v) is 4.38. The third kappa shape index (κ3) is 3.63. The topological polar surface area (TPSA) is 46.5 Å². The molecule has 0 radical (unpaired) electrons. The fourth-order valence-corrected chi connectivity index (χ4v) is 2.90. The molecule has 0 fully saturated rings. The van der Waals surface area contributed by atoms with Crippen LogP contribution in [0.2, 0.25) is 10.0 Å². The van der Waals surface area contributed by atoms with Crippen LogP contribution in [0.5, 0.6) is 5.75 Å². The van der Waals surface area contributed by atoms with E-state index in [9.17, 15) is 9.90 Å². The molecule has 126 valence electrons. The molecule has 0 saturated heterocycles. The van der Waals surface area contributed by atoms with Gasteiger partial charge in [-0.1, -0.05) is 47.5 Å². The lowest BCUT2D eigenvalue weighted by molar-refractivity contribution is 0.0693. The largest absolute Gasteiger partial charge is 0.496 e. The molecule has 0 atom stereocenters. The van der Waals surface area contributed by atoms with E-state index in [1.165, 1.54) is 7.11 Å². The van der Waals surface area contributed by atoms with Gasteiger partial charge in [-0.15, -0.1) is 0 Å². The van der Waals surface area contributed by atoms with Gasteiger partial charge in [-0.3, -0.25) is 0 Å². The van der Waals surface area contributed by atoms with Crippen LogP contribution in [0.15, 0.2) is 60.7 Å². The van der Waals surface area contributed by atoms with Crippen LogP contribution in [0, 0.1) is 0 Å². The second kappa shape index (κ2) is 7.18. The summed E-state index contributed by atoms with van der Waals surface area (Å²) < 4.78 is 5.27. The molecule has 0 aliphatic heterocycles. The zero-order valence-corrected chi connectivity index (χ0v) is 14.8. The van der Waals surface area contributed by atoms with E-state index in [2.05, 4.69) is 0 Å². The molecule has 0 amide bonds. The number of halogens is 2. The zero-order valence-electron chi connectivity index (χ0n) is 13.3. The van der Waals surface area contributed by atoms with Gasteiger partial charge in [-0.05, 0) is 58.7 Å². The first-order chi connectivity index (χ1) is 12.0. The smallest absolute Gasteiger partial charge is 0.339 e. The van der Waals surface area contributed by atoms with Crippen LogP contribution in [-0.2, 0) is 0 Å². The second-order valence-electron chi connectivity index (χ2n) is 5.42. The molecule has 3 aromatic rings. The van der Waals surface area contributed by atoms with Crippen molar-refractivity contribution < 1.29 is 14.6 Å². The average molecular weight is 373 g/mol. The summed E-state index contributed by atoms with van der Waals surface area (Å²) in [5.74, 6) is -0.745. The highest BCUT2D eigenvalue weighted by Gasteiger charge is 2.17. The van der Waals surface area contributed by atoms with Gasteiger partial charge in [0.1, 0.15) is 11.3 Å². The van der Waals surface area contributed by atoms with Gasteiger partial charge in [-0.2, -0.15) is 0 Å². The molecule has 5 heteroatoms. The maximum atomic E-state index is 11.6. The van der Waals surface area contributed by atoms with Crippen molar-refractivity contribution in [3.63, 3.8) is 0 Å². The molecule has 3 rings (SSSR count). The Balaban J connectivity index is 2.28. The van der Waals surface area contributed by atoms with Crippen LogP contribution in [-0.4, -0.2) is 18.2 Å². The molecule has 1 N–H and O–H groups in total. The lowest BCUT2D eigenvalue weighted by atomic mass is 9.92. The van der Waals surface area contributed by atoms with Crippen molar-refractivity contribution >= 4 is 29.2 Å². The first-order valence-electron chi connectivity index (χ1n) is 7.47. The maximum Gasteiger partial charge on any atom is 0.339 e. The minimum atomic E-state index is -1.05. The molecule has 0 heterocycles. The van der Waals surface area contributed by atoms with E-state index in [0.29, 0.717) is 15.8 Å². The summed E-state index contributed by atoms with van der Waals surface area (Å²) >= 11 is 12.0. The molecule has 3 aromatic carbocycles. The Morgan fingerprint density at radius 3 is 1.68 bits per heavy atom. The monoisotopic (exact) mass is 372 g/mol. The van der Waals surface area contributed by atoms with Crippen molar-refractivity contribution in [3.05, 3.63) is 76.3 Å². The Labute approximate surface area is 155 Å². The Kier molecular flexibility index (Phi) is 4.98. The number of carboxylic acid groups (broad SMARTS) is 1. The van der Waals surface area contributed by atoms with Gasteiger partial charge in [0.15, 0.2) is 0 Å². The Morgan fingerprint density at radius 2 is 1.28 bits per heavy atom. The van der Waals surface area contributed by atoms with Crippen LogP contribution >= 0.6 is 23.2 Å². The van der Waals surface area contributed by atoms with Crippen molar-refractivity contribution in [2.45, 2.75) is 0 Å². The SMILES string of the molecule is COc1cc(-c2ccc(Cl)cc2)c(-c2ccc(Cl)cc2)cc1C(=O)O. The molecule has 0 unspecified atom stereocenters. The van der Waals surface area contributed by atoms with Crippen molar-refractivity contribution in [2.24, 2.45) is 0 Å². The molecule has 25 heavy (non-hydrogen) atoms. The number of hydrogen-bond acceptors (Lipinski definition) is 2. The highest BCUT2D eigenvalue weighted by atomic mass is 35.5. The molecule has 3 nitrogen and oxygen atoms in total. The summed E-state index contributed by atoms with van der Waals surface area (Å²) in [6.07, 6.45) is 0. The zero-order chi connectivity index (χ0) is 18.0. The minimum absolute atomic E-state index is 0.102. The number of aromatic carboxylic acids is 1. The van der Waals surface area contributed by atoms with Gasteiger partial charge >= 0.3 is 5.97 Å². The number of hydrogen-bond donors (Lipinski definition) is 1. The first-order valence-corrected chi connectivity index (χ1v) is 8.22. The van der Waals surface area contributed by atoms with Crippen LogP contribution in [0.4, 0.5) is 0 Å². The molecule has 0 aromatic heterocycles. The van der Waals surface area contributed by atoms with Crippen molar-refractivity contribution in [1.82, 2.24) is 0 Å². The van der Waals surface area contributed by atoms with E-state index < -0.39 is 5.97 Å². The van der Waals surface area contributed by atoms with Gasteiger partial charge in [0.25, 0.3) is 0 Å². The van der Waals surface area contributed by atoms with Gasteiger partial charge in [0, 0.05) is 10.0 Å². The van der Waals surface area contributed by atoms with Crippen LogP contribution < -0.4 is 4.74 Å². The quantitative estimate of drug-likeness (QED) is 0.607. The molecule has 0 saturated carbocycles. The van der Waals surface area contributed by atoms with Crippen molar-refractivity contribution in [3.8, 4) is 28.0 Å². The van der Waals surface area contributed by atoms with Gasteiger partial charge in [0.05, 0.1) is 7.11 Å². The number of benzene rings is 3. The highest BCUT2D eigenvalue weighted by Crippen LogP contribution is 2.38. The summed E-state index contributed by atoms with van der Waals surface area (Å²) in [7, 11) is 1.45. The Bertz CT molecular complexity index is 917. The maximum absolute atomic E-state index is 11.6. The van der Waals surface area contributed by atoms with Crippen LogP contribution in [0.3, 0.4) is 0 Å². The summed E-state index contributed by atoms with van der Waals surface area (Å²) in [4.78, 5) is 11.6. The molecular weight excluding hydrogens is 359 g/mol. The van der Waals surface area contributed by atoms with E-state index in [0.717, 1.165) is 22.3 Å². The van der Waals surface area contributed by atoms with E-state index in [4.69, 9.17) is 27.9 Å². The fourth-order valence-electron chi connectivity index (χ4n) is 2.65. The van der Waals surface area contributed by atoms with E-state index in [1.807, 2.05) is 24.3 Å². The molecule has 0 bridgehead atoms. The number of carbonyl (C=O) groups is 1. The predicted molar refractivity (Wildman–Crippen MR) is 101 cm³/mol. The van der Waals surface area contributed by atoms with Crippen molar-refractivity contribution in [2.75, 3.05) is 7.11 Å². The standard InChI is InChI=1S/C20H14Cl2O3/c1-25-19-11-17(13-4-8-15(22)9-5-13)16(10-18(19)20(23)24)12-2-6-14(21)7-3-12/h2-11H,1H3,(H,23,24). The Hall–Kier alpha value is -2.49.